The summed E-state index contributed by atoms with van der Waals surface area (Å²) in [5.74, 6) is -0.0825. The van der Waals surface area contributed by atoms with Crippen LogP contribution in [0, 0.1) is 5.92 Å². The van der Waals surface area contributed by atoms with E-state index in [1.807, 2.05) is 0 Å². The summed E-state index contributed by atoms with van der Waals surface area (Å²) < 4.78 is 4.66. The first-order chi connectivity index (χ1) is 9.61. The van der Waals surface area contributed by atoms with Crippen molar-refractivity contribution in [3.05, 3.63) is 23.8 Å². The number of nitrogens with two attached hydrogens (primary N) is 1. The van der Waals surface area contributed by atoms with E-state index in [1.165, 1.54) is 7.11 Å². The van der Waals surface area contributed by atoms with Gasteiger partial charge in [0.25, 0.3) is 0 Å². The van der Waals surface area contributed by atoms with Gasteiger partial charge in [0.1, 0.15) is 0 Å². The van der Waals surface area contributed by atoms with Crippen LogP contribution in [-0.4, -0.2) is 32.1 Å². The predicted molar refractivity (Wildman–Crippen MR) is 76.4 cm³/mol. The zero-order valence-corrected chi connectivity index (χ0v) is 11.4. The van der Waals surface area contributed by atoms with Gasteiger partial charge in [0, 0.05) is 19.0 Å². The number of anilines is 2. The maximum absolute atomic E-state index is 11.4. The summed E-state index contributed by atoms with van der Waals surface area (Å²) in [7, 11) is 1.33. The number of carbonyl (C=O) groups excluding carboxylic acids is 2. The smallest absolute Gasteiger partial charge is 0.337 e. The summed E-state index contributed by atoms with van der Waals surface area (Å²) in [5, 5.41) is 5.95. The van der Waals surface area contributed by atoms with Crippen molar-refractivity contribution in [1.82, 2.24) is 5.32 Å². The molecule has 4 N–H and O–H groups in total. The Morgan fingerprint density at radius 3 is 2.75 bits per heavy atom. The molecule has 108 valence electrons. The van der Waals surface area contributed by atoms with Gasteiger partial charge >= 0.3 is 5.97 Å². The van der Waals surface area contributed by atoms with Gasteiger partial charge in [-0.25, -0.2) is 4.79 Å². The summed E-state index contributed by atoms with van der Waals surface area (Å²) in [6.07, 6.45) is 1.99. The summed E-state index contributed by atoms with van der Waals surface area (Å²) >= 11 is 0. The molecule has 6 nitrogen and oxygen atoms in total. The number of nitrogens with one attached hydrogen (secondary N) is 2. The van der Waals surface area contributed by atoms with Crippen molar-refractivity contribution < 1.29 is 14.3 Å². The molecule has 0 heterocycles. The number of rotatable bonds is 6. The van der Waals surface area contributed by atoms with E-state index >= 15 is 0 Å². The molecule has 1 saturated carbocycles. The van der Waals surface area contributed by atoms with Gasteiger partial charge in [-0.2, -0.15) is 0 Å². The molecule has 1 aliphatic carbocycles. The minimum atomic E-state index is -0.407. The summed E-state index contributed by atoms with van der Waals surface area (Å²) in [6, 6.07) is 4.91. The number of esters is 1. The topological polar surface area (TPSA) is 93.4 Å². The first-order valence-electron chi connectivity index (χ1n) is 6.61. The van der Waals surface area contributed by atoms with Gasteiger partial charge < -0.3 is 21.1 Å². The van der Waals surface area contributed by atoms with Crippen LogP contribution in [0.1, 0.15) is 23.2 Å². The van der Waals surface area contributed by atoms with Crippen LogP contribution in [-0.2, 0) is 9.53 Å². The predicted octanol–water partition coefficient (Wildman–Crippen LogP) is 0.993. The highest BCUT2D eigenvalue weighted by Crippen LogP contribution is 2.28. The van der Waals surface area contributed by atoms with Crippen molar-refractivity contribution in [2.45, 2.75) is 12.8 Å². The van der Waals surface area contributed by atoms with Gasteiger partial charge in [0.05, 0.1) is 24.0 Å². The zero-order valence-electron chi connectivity index (χ0n) is 11.4. The molecule has 0 aliphatic heterocycles. The van der Waals surface area contributed by atoms with E-state index in [0.717, 1.165) is 12.8 Å². The van der Waals surface area contributed by atoms with E-state index in [2.05, 4.69) is 15.4 Å². The van der Waals surface area contributed by atoms with Gasteiger partial charge in [0.2, 0.25) is 5.91 Å². The molecule has 1 aliphatic rings. The first kappa shape index (κ1) is 14.2. The van der Waals surface area contributed by atoms with Crippen LogP contribution in [0.25, 0.3) is 0 Å². The second-order valence-corrected chi connectivity index (χ2v) is 4.79. The quantitative estimate of drug-likeness (QED) is 0.409. The minimum Gasteiger partial charge on any atom is -0.465 e. The number of benzene rings is 1. The van der Waals surface area contributed by atoms with E-state index in [1.54, 1.807) is 18.2 Å². The van der Waals surface area contributed by atoms with Gasteiger partial charge in [-0.1, -0.05) is 0 Å². The standard InChI is InChI=1S/C14H19N3O3/c1-20-14(19)10-4-5-11(15)12(8-10)16-6-7-17-13(18)9-2-3-9/h4-5,8-9,16H,2-3,6-7,15H2,1H3,(H,17,18). The maximum atomic E-state index is 11.4. The third kappa shape index (κ3) is 3.63. The Hall–Kier alpha value is -2.24. The Morgan fingerprint density at radius 2 is 2.10 bits per heavy atom. The van der Waals surface area contributed by atoms with Crippen LogP contribution in [0.2, 0.25) is 0 Å². The molecule has 0 atom stereocenters. The molecular weight excluding hydrogens is 258 g/mol. The molecule has 1 fully saturated rings. The molecule has 1 aromatic carbocycles. The summed E-state index contributed by atoms with van der Waals surface area (Å²) in [5.41, 5.74) is 7.47. The number of ether oxygens (including phenoxy) is 1. The molecule has 0 radical (unpaired) electrons. The number of methoxy groups -OCH3 is 1. The van der Waals surface area contributed by atoms with E-state index < -0.39 is 5.97 Å². The lowest BCUT2D eigenvalue weighted by Crippen LogP contribution is -2.29. The van der Waals surface area contributed by atoms with Gasteiger partial charge in [-0.05, 0) is 31.0 Å². The fourth-order valence-corrected chi connectivity index (χ4v) is 1.83. The van der Waals surface area contributed by atoms with Crippen molar-refractivity contribution in [2.24, 2.45) is 5.92 Å². The number of nitrogen functional groups attached to an aromatic ring is 1. The lowest BCUT2D eigenvalue weighted by molar-refractivity contribution is -0.122. The highest BCUT2D eigenvalue weighted by molar-refractivity contribution is 5.92. The van der Waals surface area contributed by atoms with Crippen molar-refractivity contribution in [3.63, 3.8) is 0 Å². The number of carbonyl (C=O) groups is 2. The first-order valence-corrected chi connectivity index (χ1v) is 6.61. The Kier molecular flexibility index (Phi) is 4.45. The van der Waals surface area contributed by atoms with Gasteiger partial charge in [0.15, 0.2) is 0 Å². The molecular formula is C14H19N3O3. The Bertz CT molecular complexity index is 512. The van der Waals surface area contributed by atoms with Crippen molar-refractivity contribution >= 4 is 23.3 Å². The van der Waals surface area contributed by atoms with Crippen LogP contribution >= 0.6 is 0 Å². The van der Waals surface area contributed by atoms with Crippen molar-refractivity contribution in [1.29, 1.82) is 0 Å². The molecule has 1 amide bonds. The lowest BCUT2D eigenvalue weighted by Gasteiger charge is -2.11. The monoisotopic (exact) mass is 277 g/mol. The van der Waals surface area contributed by atoms with Gasteiger partial charge in [-0.15, -0.1) is 0 Å². The Morgan fingerprint density at radius 1 is 1.35 bits per heavy atom. The number of hydrogen-bond donors (Lipinski definition) is 3. The third-order valence-corrected chi connectivity index (χ3v) is 3.16. The SMILES string of the molecule is COC(=O)c1ccc(N)c(NCCNC(=O)C2CC2)c1. The summed E-state index contributed by atoms with van der Waals surface area (Å²) in [4.78, 5) is 22.9. The molecule has 2 rings (SSSR count). The third-order valence-electron chi connectivity index (χ3n) is 3.16. The lowest BCUT2D eigenvalue weighted by atomic mass is 10.1. The number of hydrogen-bond acceptors (Lipinski definition) is 5. The Balaban J connectivity index is 1.84. The average Bonchev–Trinajstić information content (AvgIpc) is 3.28. The largest absolute Gasteiger partial charge is 0.465 e. The van der Waals surface area contributed by atoms with Crippen LogP contribution in [0.4, 0.5) is 11.4 Å². The van der Waals surface area contributed by atoms with Crippen LogP contribution in [0.3, 0.4) is 0 Å². The van der Waals surface area contributed by atoms with E-state index in [4.69, 9.17) is 5.73 Å². The zero-order chi connectivity index (χ0) is 14.5. The van der Waals surface area contributed by atoms with Crippen molar-refractivity contribution in [3.8, 4) is 0 Å². The average molecular weight is 277 g/mol. The van der Waals surface area contributed by atoms with E-state index in [9.17, 15) is 9.59 Å². The van der Waals surface area contributed by atoms with Crippen molar-refractivity contribution in [2.75, 3.05) is 31.2 Å². The second kappa shape index (κ2) is 6.27. The normalized spacial score (nSPS) is 13.7. The van der Waals surface area contributed by atoms with E-state index in [0.29, 0.717) is 30.0 Å². The van der Waals surface area contributed by atoms with Crippen LogP contribution in [0.15, 0.2) is 18.2 Å². The van der Waals surface area contributed by atoms with Gasteiger partial charge in [-0.3, -0.25) is 4.79 Å². The summed E-state index contributed by atoms with van der Waals surface area (Å²) in [6.45, 7) is 1.07. The molecule has 20 heavy (non-hydrogen) atoms. The molecule has 6 heteroatoms. The molecule has 0 saturated heterocycles. The minimum absolute atomic E-state index is 0.114. The number of amides is 1. The highest BCUT2D eigenvalue weighted by Gasteiger charge is 2.28. The molecule has 0 aromatic heterocycles. The highest BCUT2D eigenvalue weighted by atomic mass is 16.5. The maximum Gasteiger partial charge on any atom is 0.337 e. The molecule has 0 unspecified atom stereocenters. The second-order valence-electron chi connectivity index (χ2n) is 4.79. The molecule has 0 spiro atoms. The fraction of sp³-hybridized carbons (Fsp3) is 0.429. The fourth-order valence-electron chi connectivity index (χ4n) is 1.83. The Labute approximate surface area is 117 Å². The van der Waals surface area contributed by atoms with Crippen LogP contribution < -0.4 is 16.4 Å². The molecule has 1 aromatic rings. The molecule has 0 bridgehead atoms. The van der Waals surface area contributed by atoms with E-state index in [-0.39, 0.29) is 11.8 Å². The van der Waals surface area contributed by atoms with Crippen LogP contribution in [0.5, 0.6) is 0 Å².